The molecule has 61 heavy (non-hydrogen) atoms. The number of aromatic amines is 1. The highest BCUT2D eigenvalue weighted by molar-refractivity contribution is 8.07. The molecule has 336 valence electrons. The van der Waals surface area contributed by atoms with Crippen LogP contribution in [-0.4, -0.2) is 117 Å². The maximum atomic E-state index is 12.7. The SMILES string of the molecule is CC(C)(C)[Si](C)(C)O[C@@H]1[C@@H]2OP(O)(=S)OC[C@H]3O[C@@H](n4cnc5c(=O)[nH]cnc54)[C@H](OP(O)(=S)OC[C@H]2O[C@H]1n1cc2c4c(ncnc41)NCCC2)[C@@H]3O[Si](C)(C)C(C)(C)C. The van der Waals surface area contributed by atoms with Crippen LogP contribution in [-0.2, 0) is 66.5 Å². The number of nitrogens with zero attached hydrogens (tertiary/aromatic N) is 6. The molecular weight excluding hydrogens is 903 g/mol. The van der Waals surface area contributed by atoms with Crippen molar-refractivity contribution in [2.75, 3.05) is 25.1 Å². The first-order valence-corrected chi connectivity index (χ1v) is 31.3. The Labute approximate surface area is 366 Å². The summed E-state index contributed by atoms with van der Waals surface area (Å²) in [5.41, 5.74) is 1.47. The van der Waals surface area contributed by atoms with Crippen molar-refractivity contribution in [1.29, 1.82) is 0 Å². The van der Waals surface area contributed by atoms with Gasteiger partial charge >= 0.3 is 13.4 Å². The van der Waals surface area contributed by atoms with Crippen LogP contribution in [0.1, 0.15) is 66.0 Å². The van der Waals surface area contributed by atoms with Gasteiger partial charge in [0.2, 0.25) is 0 Å². The van der Waals surface area contributed by atoms with Crippen molar-refractivity contribution >= 4 is 81.7 Å². The molecule has 25 heteroatoms. The summed E-state index contributed by atoms with van der Waals surface area (Å²) in [4.78, 5) is 57.2. The van der Waals surface area contributed by atoms with E-state index in [0.29, 0.717) is 5.65 Å². The minimum Gasteiger partial charge on any atom is -0.408 e. The molecular formula is C36H56N8O11P2S2Si2. The van der Waals surface area contributed by atoms with Gasteiger partial charge in [0.05, 0.1) is 31.3 Å². The van der Waals surface area contributed by atoms with Crippen molar-refractivity contribution < 1.29 is 46.2 Å². The van der Waals surface area contributed by atoms with Crippen LogP contribution in [0, 0.1) is 0 Å². The molecule has 2 bridgehead atoms. The summed E-state index contributed by atoms with van der Waals surface area (Å²) in [6.07, 6.45) is -0.146. The maximum Gasteiger partial charge on any atom is 0.325 e. The van der Waals surface area contributed by atoms with Gasteiger partial charge in [0.15, 0.2) is 40.3 Å². The lowest BCUT2D eigenvalue weighted by Crippen LogP contribution is -2.50. The van der Waals surface area contributed by atoms with Gasteiger partial charge in [-0.3, -0.25) is 18.4 Å². The van der Waals surface area contributed by atoms with E-state index in [1.165, 1.54) is 23.5 Å². The molecule has 4 aliphatic rings. The van der Waals surface area contributed by atoms with Crippen molar-refractivity contribution in [3.63, 3.8) is 0 Å². The minimum atomic E-state index is -4.21. The van der Waals surface area contributed by atoms with E-state index in [9.17, 15) is 14.6 Å². The Kier molecular flexibility index (Phi) is 12.1. The van der Waals surface area contributed by atoms with Crippen molar-refractivity contribution in [1.82, 2.24) is 34.1 Å². The molecule has 4 aromatic rings. The first-order chi connectivity index (χ1) is 28.4. The lowest BCUT2D eigenvalue weighted by molar-refractivity contribution is -0.0604. The molecule has 8 heterocycles. The second-order valence-corrected chi connectivity index (χ2v) is 34.1. The Morgan fingerprint density at radius 3 is 2.11 bits per heavy atom. The summed E-state index contributed by atoms with van der Waals surface area (Å²) in [5, 5.41) is 3.78. The van der Waals surface area contributed by atoms with Crippen molar-refractivity contribution in [2.24, 2.45) is 0 Å². The number of fused-ring (bicyclic) bond motifs is 4. The fourth-order valence-corrected chi connectivity index (χ4v) is 13.0. The third-order valence-electron chi connectivity index (χ3n) is 12.9. The molecule has 3 saturated heterocycles. The van der Waals surface area contributed by atoms with E-state index in [-0.39, 0.29) is 34.5 Å². The van der Waals surface area contributed by atoms with E-state index in [1.54, 1.807) is 0 Å². The highest BCUT2D eigenvalue weighted by Crippen LogP contribution is 2.56. The topological polar surface area (TPSA) is 221 Å². The Hall–Kier alpha value is -1.90. The Bertz CT molecular complexity index is 2460. The molecule has 4 aromatic heterocycles. The van der Waals surface area contributed by atoms with Gasteiger partial charge in [-0.05, 0) is 78.3 Å². The first kappa shape index (κ1) is 45.7. The quantitative estimate of drug-likeness (QED) is 0.134. The number of aromatic nitrogens is 7. The van der Waals surface area contributed by atoms with Gasteiger partial charge in [0.1, 0.15) is 54.4 Å². The molecule has 8 rings (SSSR count). The fraction of sp³-hybridized carbons (Fsp3) is 0.694. The Balaban J connectivity index is 1.21. The van der Waals surface area contributed by atoms with Crippen molar-refractivity contribution in [2.45, 2.75) is 140 Å². The van der Waals surface area contributed by atoms with E-state index < -0.39 is 84.7 Å². The minimum absolute atomic E-state index is 0.0620. The Morgan fingerprint density at radius 2 is 1.44 bits per heavy atom. The number of imidazole rings is 1. The van der Waals surface area contributed by atoms with E-state index in [4.69, 9.17) is 65.0 Å². The van der Waals surface area contributed by atoms with Gasteiger partial charge in [-0.1, -0.05) is 41.5 Å². The van der Waals surface area contributed by atoms with Gasteiger partial charge in [-0.15, -0.1) is 0 Å². The standard InChI is InChI=1S/C36H56N8O11P2S2Si2/c1-35(2,3)60(7,8)54-26-22-16-49-56(46,58)52-25-21(15-48-57(47,59)53-27(26)33(51-22)44-19-42-24-31(44)40-18-41-32(24)45)50-34(28(25)55-61(9,10)36(4,5)6)43-14-20-12-11-13-37-29-23(20)30(43)39-17-38-29/h14,17-19,21-22,25-28,33-34H,11-13,15-16H2,1-10H3,(H,46,58)(H,47,59)(H,37,38,39)(H,40,41,45)/t21-,22-,25-,26-,27-,28-,33-,34-,56?,57?/m1/s1. The summed E-state index contributed by atoms with van der Waals surface area (Å²) in [5.74, 6) is 0.730. The number of ether oxygens (including phenoxy) is 2. The largest absolute Gasteiger partial charge is 0.408 e. The van der Waals surface area contributed by atoms with Crippen LogP contribution in [0.15, 0.2) is 30.0 Å². The Morgan fingerprint density at radius 1 is 0.820 bits per heavy atom. The zero-order valence-corrected chi connectivity index (χ0v) is 41.3. The number of nitrogens with one attached hydrogen (secondary N) is 2. The zero-order chi connectivity index (χ0) is 44.1. The molecule has 10 atom stereocenters. The number of hydrogen-bond donors (Lipinski definition) is 4. The fourth-order valence-electron chi connectivity index (χ4n) is 7.59. The molecule has 4 N–H and O–H groups in total. The maximum absolute atomic E-state index is 12.7. The highest BCUT2D eigenvalue weighted by Gasteiger charge is 2.57. The van der Waals surface area contributed by atoms with Crippen LogP contribution in [0.5, 0.6) is 0 Å². The summed E-state index contributed by atoms with van der Waals surface area (Å²) in [7, 11) is -5.26. The summed E-state index contributed by atoms with van der Waals surface area (Å²) >= 11 is 11.6. The predicted octanol–water partition coefficient (Wildman–Crippen LogP) is 5.75. The second-order valence-electron chi connectivity index (χ2n) is 19.1. The normalized spacial score (nSPS) is 33.1. The molecule has 0 amide bonds. The average molecular weight is 959 g/mol. The molecule has 0 saturated carbocycles. The number of aryl methyl sites for hydroxylation is 1. The molecule has 4 aliphatic heterocycles. The molecule has 0 aliphatic carbocycles. The zero-order valence-electron chi connectivity index (χ0n) is 35.9. The first-order valence-electron chi connectivity index (χ1n) is 20.3. The van der Waals surface area contributed by atoms with E-state index in [1.807, 2.05) is 10.8 Å². The van der Waals surface area contributed by atoms with Gasteiger partial charge in [-0.25, -0.2) is 19.9 Å². The van der Waals surface area contributed by atoms with Crippen LogP contribution in [0.4, 0.5) is 5.82 Å². The van der Waals surface area contributed by atoms with Crippen LogP contribution in [0.3, 0.4) is 0 Å². The summed E-state index contributed by atoms with van der Waals surface area (Å²) < 4.78 is 56.6. The molecule has 0 radical (unpaired) electrons. The average Bonchev–Trinajstić information content (AvgIpc) is 3.87. The van der Waals surface area contributed by atoms with E-state index in [2.05, 4.69) is 93.0 Å². The van der Waals surface area contributed by atoms with Crippen LogP contribution in [0.2, 0.25) is 36.3 Å². The summed E-state index contributed by atoms with van der Waals surface area (Å²) in [6, 6.07) is 0. The third-order valence-corrected chi connectivity index (χ3v) is 24.9. The van der Waals surface area contributed by atoms with Gasteiger partial charge in [0, 0.05) is 12.7 Å². The monoisotopic (exact) mass is 958 g/mol. The summed E-state index contributed by atoms with van der Waals surface area (Å²) in [6.45, 7) is 12.7. The number of hydrogen-bond acceptors (Lipinski definition) is 16. The van der Waals surface area contributed by atoms with Crippen LogP contribution >= 0.6 is 13.4 Å². The lowest BCUT2D eigenvalue weighted by atomic mass is 10.1. The van der Waals surface area contributed by atoms with Crippen molar-refractivity contribution in [3.8, 4) is 0 Å². The van der Waals surface area contributed by atoms with Gasteiger partial charge < -0.3 is 52.0 Å². The smallest absolute Gasteiger partial charge is 0.325 e. The second kappa shape index (κ2) is 16.2. The van der Waals surface area contributed by atoms with Gasteiger partial charge in [-0.2, -0.15) is 0 Å². The molecule has 0 spiro atoms. The van der Waals surface area contributed by atoms with Gasteiger partial charge in [0.25, 0.3) is 5.56 Å². The molecule has 3 fully saturated rings. The molecule has 19 nitrogen and oxygen atoms in total. The molecule has 0 aromatic carbocycles. The number of rotatable bonds is 6. The number of anilines is 1. The van der Waals surface area contributed by atoms with Crippen LogP contribution < -0.4 is 10.9 Å². The lowest BCUT2D eigenvalue weighted by Gasteiger charge is -2.41. The van der Waals surface area contributed by atoms with E-state index in [0.717, 1.165) is 36.2 Å². The predicted molar refractivity (Wildman–Crippen MR) is 239 cm³/mol. The highest BCUT2D eigenvalue weighted by atomic mass is 32.5. The molecule has 2 unspecified atom stereocenters. The van der Waals surface area contributed by atoms with E-state index >= 15 is 0 Å². The third kappa shape index (κ3) is 8.81. The number of H-pyrrole nitrogens is 1. The van der Waals surface area contributed by atoms with Crippen molar-refractivity contribution in [3.05, 3.63) is 41.1 Å². The van der Waals surface area contributed by atoms with Crippen LogP contribution in [0.25, 0.3) is 22.2 Å².